The highest BCUT2D eigenvalue weighted by atomic mass is 19.4. The van der Waals surface area contributed by atoms with Crippen molar-refractivity contribution in [2.24, 2.45) is 0 Å². The predicted octanol–water partition coefficient (Wildman–Crippen LogP) is 2.93. The van der Waals surface area contributed by atoms with Crippen LogP contribution in [0, 0.1) is 0 Å². The number of ether oxygens (including phenoxy) is 2. The second kappa shape index (κ2) is 8.48. The van der Waals surface area contributed by atoms with Crippen molar-refractivity contribution in [1.82, 2.24) is 20.0 Å². The molecule has 2 saturated heterocycles. The van der Waals surface area contributed by atoms with E-state index in [2.05, 4.69) is 5.10 Å². The molecule has 2 aromatic rings. The first-order valence-electron chi connectivity index (χ1n) is 9.88. The standard InChI is InChI=1S/C20H21F3N4O4/c21-20(22,23)17-16(10-24-25-17)18(28)26-8-6-13(7-9-26)27-11-15(31-19(27)29)12-30-14-4-2-1-3-5-14/h1-5,10,13,15H,6-9,11-12H2,(H,24,25). The van der Waals surface area contributed by atoms with Crippen LogP contribution in [0.1, 0.15) is 28.9 Å². The first-order valence-corrected chi connectivity index (χ1v) is 9.88. The number of rotatable bonds is 5. The molecule has 0 spiro atoms. The lowest BCUT2D eigenvalue weighted by Crippen LogP contribution is -2.47. The molecule has 1 aromatic heterocycles. The number of hydrogen-bond acceptors (Lipinski definition) is 5. The first-order chi connectivity index (χ1) is 14.8. The largest absolute Gasteiger partial charge is 0.490 e. The number of benzene rings is 1. The van der Waals surface area contributed by atoms with Crippen molar-refractivity contribution >= 4 is 12.0 Å². The van der Waals surface area contributed by atoms with Gasteiger partial charge >= 0.3 is 12.3 Å². The van der Waals surface area contributed by atoms with Crippen LogP contribution in [0.3, 0.4) is 0 Å². The summed E-state index contributed by atoms with van der Waals surface area (Å²) in [5, 5.41) is 5.22. The number of nitrogens with zero attached hydrogens (tertiary/aromatic N) is 3. The Hall–Kier alpha value is -3.24. The highest BCUT2D eigenvalue weighted by molar-refractivity contribution is 5.95. The van der Waals surface area contributed by atoms with Crippen LogP contribution in [0.15, 0.2) is 36.5 Å². The lowest BCUT2D eigenvalue weighted by atomic mass is 10.0. The van der Waals surface area contributed by atoms with E-state index in [0.29, 0.717) is 25.1 Å². The van der Waals surface area contributed by atoms with Gasteiger partial charge < -0.3 is 19.3 Å². The van der Waals surface area contributed by atoms with Gasteiger partial charge in [0.15, 0.2) is 11.8 Å². The zero-order valence-corrected chi connectivity index (χ0v) is 16.5. The van der Waals surface area contributed by atoms with E-state index in [9.17, 15) is 22.8 Å². The maximum Gasteiger partial charge on any atom is 0.433 e. The van der Waals surface area contributed by atoms with Crippen LogP contribution in [0.5, 0.6) is 5.75 Å². The molecule has 4 rings (SSSR count). The molecule has 0 aliphatic carbocycles. The summed E-state index contributed by atoms with van der Waals surface area (Å²) in [5.41, 5.74) is -1.64. The summed E-state index contributed by atoms with van der Waals surface area (Å²) in [6.07, 6.45) is -3.74. The zero-order chi connectivity index (χ0) is 22.0. The molecule has 2 aliphatic rings. The number of carbonyl (C=O) groups is 2. The molecule has 1 N–H and O–H groups in total. The van der Waals surface area contributed by atoms with Crippen LogP contribution in [-0.2, 0) is 10.9 Å². The van der Waals surface area contributed by atoms with E-state index in [1.165, 1.54) is 4.90 Å². The third-order valence-corrected chi connectivity index (χ3v) is 5.43. The molecule has 0 radical (unpaired) electrons. The fraction of sp³-hybridized carbons (Fsp3) is 0.450. The van der Waals surface area contributed by atoms with Crippen LogP contribution >= 0.6 is 0 Å². The van der Waals surface area contributed by atoms with Gasteiger partial charge in [-0.2, -0.15) is 18.3 Å². The molecule has 11 heteroatoms. The average Bonchev–Trinajstić information content (AvgIpc) is 3.39. The highest BCUT2D eigenvalue weighted by Crippen LogP contribution is 2.31. The van der Waals surface area contributed by atoms with Gasteiger partial charge in [-0.05, 0) is 25.0 Å². The highest BCUT2D eigenvalue weighted by Gasteiger charge is 2.41. The van der Waals surface area contributed by atoms with E-state index >= 15 is 0 Å². The molecule has 0 saturated carbocycles. The Kier molecular flexibility index (Phi) is 5.75. The maximum atomic E-state index is 13.0. The smallest absolute Gasteiger partial charge is 0.433 e. The molecular weight excluding hydrogens is 417 g/mol. The third kappa shape index (κ3) is 4.59. The number of hydrogen-bond donors (Lipinski definition) is 1. The van der Waals surface area contributed by atoms with Gasteiger partial charge in [0.2, 0.25) is 0 Å². The Morgan fingerprint density at radius 2 is 1.94 bits per heavy atom. The van der Waals surface area contributed by atoms with Gasteiger partial charge in [-0.3, -0.25) is 9.89 Å². The fourth-order valence-corrected chi connectivity index (χ4v) is 3.85. The van der Waals surface area contributed by atoms with Crippen molar-refractivity contribution < 1.29 is 32.2 Å². The molecule has 2 aliphatic heterocycles. The summed E-state index contributed by atoms with van der Waals surface area (Å²) in [7, 11) is 0. The van der Waals surface area contributed by atoms with Crippen molar-refractivity contribution in [3.05, 3.63) is 47.8 Å². The van der Waals surface area contributed by atoms with Crippen molar-refractivity contribution in [2.45, 2.75) is 31.2 Å². The van der Waals surface area contributed by atoms with Gasteiger partial charge in [-0.15, -0.1) is 0 Å². The van der Waals surface area contributed by atoms with Crippen molar-refractivity contribution in [3.8, 4) is 5.75 Å². The number of aromatic nitrogens is 2. The number of aromatic amines is 1. The van der Waals surface area contributed by atoms with Crippen molar-refractivity contribution in [3.63, 3.8) is 0 Å². The topological polar surface area (TPSA) is 87.8 Å². The van der Waals surface area contributed by atoms with E-state index in [1.54, 1.807) is 4.90 Å². The number of H-pyrrole nitrogens is 1. The molecule has 31 heavy (non-hydrogen) atoms. The van der Waals surface area contributed by atoms with Gasteiger partial charge in [0, 0.05) is 19.1 Å². The van der Waals surface area contributed by atoms with E-state index in [0.717, 1.165) is 6.20 Å². The minimum absolute atomic E-state index is 0.148. The Morgan fingerprint density at radius 3 is 2.61 bits per heavy atom. The van der Waals surface area contributed by atoms with Crippen LogP contribution in [0.2, 0.25) is 0 Å². The number of nitrogens with one attached hydrogen (secondary N) is 1. The Balaban J connectivity index is 1.30. The normalized spacial score (nSPS) is 20.1. The number of alkyl halides is 3. The number of likely N-dealkylation sites (tertiary alicyclic amines) is 1. The van der Waals surface area contributed by atoms with Gasteiger partial charge in [-0.25, -0.2) is 4.79 Å². The molecule has 1 unspecified atom stereocenters. The minimum Gasteiger partial charge on any atom is -0.490 e. The molecule has 3 heterocycles. The number of para-hydroxylation sites is 1. The summed E-state index contributed by atoms with van der Waals surface area (Å²) >= 11 is 0. The number of halogens is 3. The maximum absolute atomic E-state index is 13.0. The minimum atomic E-state index is -4.68. The van der Waals surface area contributed by atoms with Crippen LogP contribution in [0.25, 0.3) is 0 Å². The Bertz CT molecular complexity index is 926. The molecule has 2 fully saturated rings. The van der Waals surface area contributed by atoms with E-state index < -0.39 is 35.5 Å². The van der Waals surface area contributed by atoms with Gasteiger partial charge in [0.1, 0.15) is 12.4 Å². The molecule has 2 amide bonds. The van der Waals surface area contributed by atoms with Crippen LogP contribution in [-0.4, -0.2) is 70.4 Å². The second-order valence-electron chi connectivity index (χ2n) is 7.46. The van der Waals surface area contributed by atoms with E-state index in [4.69, 9.17) is 9.47 Å². The SMILES string of the molecule is O=C(c1cn[nH]c1C(F)(F)F)N1CCC(N2CC(COc3ccccc3)OC2=O)CC1. The van der Waals surface area contributed by atoms with Crippen LogP contribution in [0.4, 0.5) is 18.0 Å². The van der Waals surface area contributed by atoms with Crippen LogP contribution < -0.4 is 4.74 Å². The molecular formula is C20H21F3N4O4. The second-order valence-corrected chi connectivity index (χ2v) is 7.46. The zero-order valence-electron chi connectivity index (χ0n) is 16.5. The quantitative estimate of drug-likeness (QED) is 0.776. The monoisotopic (exact) mass is 438 g/mol. The van der Waals surface area contributed by atoms with Crippen molar-refractivity contribution in [2.75, 3.05) is 26.2 Å². The Morgan fingerprint density at radius 1 is 1.23 bits per heavy atom. The summed E-state index contributed by atoms with van der Waals surface area (Å²) in [6.45, 7) is 1.07. The molecule has 166 valence electrons. The number of carbonyl (C=O) groups excluding carboxylic acids is 2. The summed E-state index contributed by atoms with van der Waals surface area (Å²) in [4.78, 5) is 27.8. The molecule has 1 atom stereocenters. The summed E-state index contributed by atoms with van der Waals surface area (Å²) in [5.74, 6) is -0.0426. The fourth-order valence-electron chi connectivity index (χ4n) is 3.85. The van der Waals surface area contributed by atoms with Gasteiger partial charge in [0.05, 0.1) is 18.3 Å². The number of amides is 2. The lowest BCUT2D eigenvalue weighted by molar-refractivity contribution is -0.141. The number of piperidine rings is 1. The van der Waals surface area contributed by atoms with Gasteiger partial charge in [-0.1, -0.05) is 18.2 Å². The molecule has 0 bridgehead atoms. The summed E-state index contributed by atoms with van der Waals surface area (Å²) in [6, 6.07) is 9.04. The van der Waals surface area contributed by atoms with E-state index in [1.807, 2.05) is 35.4 Å². The van der Waals surface area contributed by atoms with E-state index in [-0.39, 0.29) is 25.7 Å². The Labute approximate surface area is 175 Å². The van der Waals surface area contributed by atoms with Crippen molar-refractivity contribution in [1.29, 1.82) is 0 Å². The first kappa shape index (κ1) is 21.0. The summed E-state index contributed by atoms with van der Waals surface area (Å²) < 4.78 is 50.1. The third-order valence-electron chi connectivity index (χ3n) is 5.43. The molecule has 8 nitrogen and oxygen atoms in total. The molecule has 1 aromatic carbocycles. The predicted molar refractivity (Wildman–Crippen MR) is 101 cm³/mol. The van der Waals surface area contributed by atoms with Gasteiger partial charge in [0.25, 0.3) is 5.91 Å². The average molecular weight is 438 g/mol. The lowest BCUT2D eigenvalue weighted by Gasteiger charge is -2.35. The number of cyclic esters (lactones) is 1.